The molecule has 2 rings (SSSR count). The first-order chi connectivity index (χ1) is 10.6. The second kappa shape index (κ2) is 7.04. The van der Waals surface area contributed by atoms with Gasteiger partial charge in [-0.3, -0.25) is 0 Å². The highest BCUT2D eigenvalue weighted by Gasteiger charge is 2.19. The van der Waals surface area contributed by atoms with Crippen LogP contribution >= 0.6 is 0 Å². The Morgan fingerprint density at radius 1 is 0.955 bits per heavy atom. The van der Waals surface area contributed by atoms with E-state index in [1.807, 2.05) is 24.3 Å². The Bertz CT molecular complexity index is 625. The van der Waals surface area contributed by atoms with Gasteiger partial charge < -0.3 is 25.1 Å². The monoisotopic (exact) mass is 303 g/mol. The normalized spacial score (nSPS) is 11.8. The molecule has 3 N–H and O–H groups in total. The van der Waals surface area contributed by atoms with Gasteiger partial charge in [0.05, 0.1) is 26.9 Å². The molecule has 0 amide bonds. The predicted molar refractivity (Wildman–Crippen MR) is 84.8 cm³/mol. The summed E-state index contributed by atoms with van der Waals surface area (Å²) in [5.74, 6) is 1.90. The van der Waals surface area contributed by atoms with E-state index in [-0.39, 0.29) is 5.75 Å². The van der Waals surface area contributed by atoms with Crippen molar-refractivity contribution in [3.05, 3.63) is 47.5 Å². The van der Waals surface area contributed by atoms with E-state index in [1.165, 1.54) is 20.3 Å². The van der Waals surface area contributed by atoms with Crippen LogP contribution in [0.15, 0.2) is 36.4 Å². The Kier molecular flexibility index (Phi) is 5.12. The first-order valence-corrected chi connectivity index (χ1v) is 6.92. The number of phenols is 1. The Labute approximate surface area is 130 Å². The zero-order chi connectivity index (χ0) is 16.1. The molecule has 118 valence electrons. The van der Waals surface area contributed by atoms with Gasteiger partial charge in [-0.1, -0.05) is 12.1 Å². The van der Waals surface area contributed by atoms with Crippen molar-refractivity contribution in [3.63, 3.8) is 0 Å². The van der Waals surface area contributed by atoms with Gasteiger partial charge in [0.15, 0.2) is 0 Å². The van der Waals surface area contributed by atoms with E-state index in [1.54, 1.807) is 13.2 Å². The average molecular weight is 303 g/mol. The molecule has 0 saturated carbocycles. The van der Waals surface area contributed by atoms with Crippen LogP contribution in [0.3, 0.4) is 0 Å². The summed E-state index contributed by atoms with van der Waals surface area (Å²) in [4.78, 5) is 0. The van der Waals surface area contributed by atoms with Crippen molar-refractivity contribution in [1.82, 2.24) is 0 Å². The minimum Gasteiger partial charge on any atom is -0.507 e. The third-order valence-electron chi connectivity index (χ3n) is 3.53. The second-order valence-corrected chi connectivity index (χ2v) is 4.92. The molecule has 0 fully saturated rings. The standard InChI is InChI=1S/C17H21NO4/c1-20-12-6-4-11(5-7-12)8-14(18)17-15(19)9-13(21-2)10-16(17)22-3/h4-7,9-10,14,19H,8,18H2,1-3H3. The number of rotatable bonds is 6. The first-order valence-electron chi connectivity index (χ1n) is 6.92. The van der Waals surface area contributed by atoms with Crippen LogP contribution < -0.4 is 19.9 Å². The average Bonchev–Trinajstić information content (AvgIpc) is 2.54. The van der Waals surface area contributed by atoms with E-state index in [9.17, 15) is 5.11 Å². The summed E-state index contributed by atoms with van der Waals surface area (Å²) < 4.78 is 15.6. The lowest BCUT2D eigenvalue weighted by molar-refractivity contribution is 0.375. The number of methoxy groups -OCH3 is 3. The van der Waals surface area contributed by atoms with Gasteiger partial charge in [-0.05, 0) is 24.1 Å². The third kappa shape index (κ3) is 3.43. The highest BCUT2D eigenvalue weighted by Crippen LogP contribution is 2.37. The van der Waals surface area contributed by atoms with Crippen LogP contribution in [0.25, 0.3) is 0 Å². The fraction of sp³-hybridized carbons (Fsp3) is 0.294. The van der Waals surface area contributed by atoms with Gasteiger partial charge in [-0.25, -0.2) is 0 Å². The maximum Gasteiger partial charge on any atom is 0.131 e. The largest absolute Gasteiger partial charge is 0.507 e. The summed E-state index contributed by atoms with van der Waals surface area (Å²) >= 11 is 0. The zero-order valence-corrected chi connectivity index (χ0v) is 13.0. The molecule has 0 aliphatic heterocycles. The highest BCUT2D eigenvalue weighted by molar-refractivity contribution is 5.52. The Balaban J connectivity index is 2.26. The van der Waals surface area contributed by atoms with E-state index in [4.69, 9.17) is 19.9 Å². The molecule has 0 aliphatic carbocycles. The molecule has 5 nitrogen and oxygen atoms in total. The van der Waals surface area contributed by atoms with Crippen LogP contribution in [0.2, 0.25) is 0 Å². The highest BCUT2D eigenvalue weighted by atomic mass is 16.5. The van der Waals surface area contributed by atoms with Crippen LogP contribution in [0.1, 0.15) is 17.2 Å². The molecule has 0 aliphatic rings. The van der Waals surface area contributed by atoms with Crippen molar-refractivity contribution in [2.45, 2.75) is 12.5 Å². The molecule has 2 aromatic carbocycles. The quantitative estimate of drug-likeness (QED) is 0.858. The van der Waals surface area contributed by atoms with Crippen molar-refractivity contribution in [2.24, 2.45) is 5.73 Å². The second-order valence-electron chi connectivity index (χ2n) is 4.92. The summed E-state index contributed by atoms with van der Waals surface area (Å²) in [6.45, 7) is 0. The Hall–Kier alpha value is -2.40. The molecule has 2 aromatic rings. The minimum atomic E-state index is -0.394. The van der Waals surface area contributed by atoms with E-state index >= 15 is 0 Å². The molecule has 0 heterocycles. The van der Waals surface area contributed by atoms with Gasteiger partial charge in [0, 0.05) is 18.2 Å². The first kappa shape index (κ1) is 16.0. The molecule has 1 atom stereocenters. The number of phenolic OH excluding ortho intramolecular Hbond substituents is 1. The van der Waals surface area contributed by atoms with E-state index < -0.39 is 6.04 Å². The summed E-state index contributed by atoms with van der Waals surface area (Å²) in [6.07, 6.45) is 0.570. The molecule has 0 aromatic heterocycles. The zero-order valence-electron chi connectivity index (χ0n) is 13.0. The maximum absolute atomic E-state index is 10.2. The molecular formula is C17H21NO4. The van der Waals surface area contributed by atoms with Crippen molar-refractivity contribution < 1.29 is 19.3 Å². The van der Waals surface area contributed by atoms with Crippen molar-refractivity contribution >= 4 is 0 Å². The lowest BCUT2D eigenvalue weighted by Crippen LogP contribution is -2.15. The van der Waals surface area contributed by atoms with Gasteiger partial charge >= 0.3 is 0 Å². The van der Waals surface area contributed by atoms with Gasteiger partial charge in [0.2, 0.25) is 0 Å². The lowest BCUT2D eigenvalue weighted by Gasteiger charge is -2.18. The number of aromatic hydroxyl groups is 1. The number of ether oxygens (including phenoxy) is 3. The van der Waals surface area contributed by atoms with Gasteiger partial charge in [0.25, 0.3) is 0 Å². The Morgan fingerprint density at radius 3 is 2.14 bits per heavy atom. The molecule has 1 unspecified atom stereocenters. The van der Waals surface area contributed by atoms with Crippen LogP contribution in [0, 0.1) is 0 Å². The fourth-order valence-electron chi connectivity index (χ4n) is 2.36. The van der Waals surface area contributed by atoms with Crippen LogP contribution in [0.4, 0.5) is 0 Å². The predicted octanol–water partition coefficient (Wildman–Crippen LogP) is 2.66. The topological polar surface area (TPSA) is 73.9 Å². The maximum atomic E-state index is 10.2. The summed E-state index contributed by atoms with van der Waals surface area (Å²) in [7, 11) is 4.70. The molecular weight excluding hydrogens is 282 g/mol. The van der Waals surface area contributed by atoms with Crippen LogP contribution in [-0.2, 0) is 6.42 Å². The molecule has 5 heteroatoms. The van der Waals surface area contributed by atoms with Crippen LogP contribution in [0.5, 0.6) is 23.0 Å². The minimum absolute atomic E-state index is 0.0669. The van der Waals surface area contributed by atoms with E-state index in [2.05, 4.69) is 0 Å². The Morgan fingerprint density at radius 2 is 1.59 bits per heavy atom. The van der Waals surface area contributed by atoms with Gasteiger partial charge in [-0.15, -0.1) is 0 Å². The lowest BCUT2D eigenvalue weighted by atomic mass is 9.97. The summed E-state index contributed by atoms with van der Waals surface area (Å²) in [5.41, 5.74) is 7.87. The molecule has 0 bridgehead atoms. The van der Waals surface area contributed by atoms with Gasteiger partial charge in [0.1, 0.15) is 23.0 Å². The number of nitrogens with two attached hydrogens (primary N) is 1. The smallest absolute Gasteiger partial charge is 0.131 e. The fourth-order valence-corrected chi connectivity index (χ4v) is 2.36. The van der Waals surface area contributed by atoms with Crippen molar-refractivity contribution in [3.8, 4) is 23.0 Å². The SMILES string of the molecule is COc1ccc(CC(N)c2c(O)cc(OC)cc2OC)cc1. The van der Waals surface area contributed by atoms with Crippen molar-refractivity contribution in [1.29, 1.82) is 0 Å². The molecule has 0 radical (unpaired) electrons. The van der Waals surface area contributed by atoms with Crippen LogP contribution in [-0.4, -0.2) is 26.4 Å². The van der Waals surface area contributed by atoms with Crippen molar-refractivity contribution in [2.75, 3.05) is 21.3 Å². The summed E-state index contributed by atoms with van der Waals surface area (Å²) in [6, 6.07) is 10.5. The molecule has 0 saturated heterocycles. The van der Waals surface area contributed by atoms with E-state index in [0.717, 1.165) is 11.3 Å². The third-order valence-corrected chi connectivity index (χ3v) is 3.53. The van der Waals surface area contributed by atoms with E-state index in [0.29, 0.717) is 23.5 Å². The number of hydrogen-bond donors (Lipinski definition) is 2. The molecule has 0 spiro atoms. The number of hydrogen-bond acceptors (Lipinski definition) is 5. The number of benzene rings is 2. The van der Waals surface area contributed by atoms with Gasteiger partial charge in [-0.2, -0.15) is 0 Å². The summed E-state index contributed by atoms with van der Waals surface area (Å²) in [5, 5.41) is 10.2. The molecule has 22 heavy (non-hydrogen) atoms.